The van der Waals surface area contributed by atoms with Gasteiger partial charge in [-0.15, -0.1) is 0 Å². The minimum atomic E-state index is 0.369. The van der Waals surface area contributed by atoms with Gasteiger partial charge in [-0.25, -0.2) is 4.68 Å². The maximum Gasteiger partial charge on any atom is 0.0690 e. The van der Waals surface area contributed by atoms with Crippen molar-refractivity contribution < 1.29 is 0 Å². The van der Waals surface area contributed by atoms with Gasteiger partial charge in [-0.2, -0.15) is 5.10 Å². The van der Waals surface area contributed by atoms with Crippen LogP contribution in [0.3, 0.4) is 0 Å². The van der Waals surface area contributed by atoms with Gasteiger partial charge in [-0.3, -0.25) is 0 Å². The summed E-state index contributed by atoms with van der Waals surface area (Å²) in [5.74, 6) is 0. The van der Waals surface area contributed by atoms with E-state index in [1.807, 2.05) is 12.3 Å². The van der Waals surface area contributed by atoms with E-state index < -0.39 is 0 Å². The normalized spacial score (nSPS) is 17.5. The number of hydrogen-bond acceptors (Lipinski definition) is 2. The summed E-state index contributed by atoms with van der Waals surface area (Å²) in [5.41, 5.74) is 6.16. The van der Waals surface area contributed by atoms with Crippen LogP contribution in [0.4, 0.5) is 0 Å². The number of aromatic nitrogens is 2. The van der Waals surface area contributed by atoms with Crippen LogP contribution in [-0.2, 0) is 0 Å². The highest BCUT2D eigenvalue weighted by Gasteiger charge is 2.25. The van der Waals surface area contributed by atoms with Crippen LogP contribution in [0.25, 0.3) is 16.8 Å². The topological polar surface area (TPSA) is 29.9 Å². The first kappa shape index (κ1) is 14.2. The highest BCUT2D eigenvalue weighted by Crippen LogP contribution is 2.34. The first-order chi connectivity index (χ1) is 11.3. The predicted octanol–water partition coefficient (Wildman–Crippen LogP) is 4.27. The van der Waals surface area contributed by atoms with E-state index in [9.17, 15) is 0 Å². The van der Waals surface area contributed by atoms with Gasteiger partial charge in [0.1, 0.15) is 0 Å². The Bertz CT molecular complexity index is 799. The van der Waals surface area contributed by atoms with E-state index in [4.69, 9.17) is 5.10 Å². The summed E-state index contributed by atoms with van der Waals surface area (Å²) < 4.78 is 2.10. The second kappa shape index (κ2) is 6.01. The van der Waals surface area contributed by atoms with Gasteiger partial charge in [0.2, 0.25) is 0 Å². The Morgan fingerprint density at radius 3 is 2.70 bits per heavy atom. The lowest BCUT2D eigenvalue weighted by Crippen LogP contribution is -2.17. The van der Waals surface area contributed by atoms with Gasteiger partial charge in [0.15, 0.2) is 0 Å². The van der Waals surface area contributed by atoms with Crippen LogP contribution in [0.1, 0.15) is 30.1 Å². The lowest BCUT2D eigenvalue weighted by molar-refractivity contribution is 0.601. The van der Waals surface area contributed by atoms with E-state index in [2.05, 4.69) is 65.5 Å². The van der Waals surface area contributed by atoms with E-state index in [0.29, 0.717) is 6.04 Å². The van der Waals surface area contributed by atoms with Crippen molar-refractivity contribution in [1.82, 2.24) is 15.1 Å². The van der Waals surface area contributed by atoms with Gasteiger partial charge >= 0.3 is 0 Å². The lowest BCUT2D eigenvalue weighted by atomic mass is 9.99. The predicted molar refractivity (Wildman–Crippen MR) is 93.7 cm³/mol. The molecule has 3 nitrogen and oxygen atoms in total. The summed E-state index contributed by atoms with van der Waals surface area (Å²) in [5, 5.41) is 8.35. The molecule has 1 unspecified atom stereocenters. The fraction of sp³-hybridized carbons (Fsp3) is 0.250. The molecule has 0 spiro atoms. The van der Waals surface area contributed by atoms with E-state index in [1.165, 1.54) is 28.8 Å². The molecule has 4 rings (SSSR count). The average Bonchev–Trinajstić information content (AvgIpc) is 3.25. The van der Waals surface area contributed by atoms with Crippen LogP contribution in [0, 0.1) is 6.92 Å². The molecule has 1 aliphatic heterocycles. The van der Waals surface area contributed by atoms with Crippen molar-refractivity contribution in [2.75, 3.05) is 6.54 Å². The Balaban J connectivity index is 1.88. The molecule has 3 aromatic rings. The Morgan fingerprint density at radius 2 is 1.96 bits per heavy atom. The van der Waals surface area contributed by atoms with Crippen LogP contribution in [0.2, 0.25) is 0 Å². The molecule has 1 aromatic heterocycles. The Morgan fingerprint density at radius 1 is 1.09 bits per heavy atom. The van der Waals surface area contributed by atoms with Crippen molar-refractivity contribution in [2.45, 2.75) is 25.8 Å². The molecule has 2 heterocycles. The highest BCUT2D eigenvalue weighted by atomic mass is 15.3. The molecule has 1 fully saturated rings. The molecular formula is C20H21N3. The molecule has 1 aliphatic rings. The number of nitrogens with one attached hydrogen (secondary N) is 1. The van der Waals surface area contributed by atoms with Crippen LogP contribution in [-0.4, -0.2) is 16.3 Å². The molecule has 116 valence electrons. The maximum absolute atomic E-state index is 4.71. The van der Waals surface area contributed by atoms with Gasteiger partial charge in [0.05, 0.1) is 23.6 Å². The number of hydrogen-bond donors (Lipinski definition) is 1. The minimum Gasteiger partial charge on any atom is -0.309 e. The first-order valence-electron chi connectivity index (χ1n) is 8.27. The summed E-state index contributed by atoms with van der Waals surface area (Å²) in [6.07, 6.45) is 4.40. The fourth-order valence-corrected chi connectivity index (χ4v) is 3.42. The van der Waals surface area contributed by atoms with E-state index in [1.54, 1.807) is 0 Å². The molecule has 2 aromatic carbocycles. The van der Waals surface area contributed by atoms with Crippen LogP contribution in [0.5, 0.6) is 0 Å². The van der Waals surface area contributed by atoms with Crippen molar-refractivity contribution in [2.24, 2.45) is 0 Å². The summed E-state index contributed by atoms with van der Waals surface area (Å²) >= 11 is 0. The second-order valence-corrected chi connectivity index (χ2v) is 6.21. The molecule has 3 heteroatoms. The fourth-order valence-electron chi connectivity index (χ4n) is 3.42. The molecule has 0 amide bonds. The number of benzene rings is 2. The van der Waals surface area contributed by atoms with E-state index in [0.717, 1.165) is 18.7 Å². The van der Waals surface area contributed by atoms with Gasteiger partial charge < -0.3 is 5.32 Å². The maximum atomic E-state index is 4.71. The third-order valence-electron chi connectivity index (χ3n) is 4.53. The largest absolute Gasteiger partial charge is 0.309 e. The van der Waals surface area contributed by atoms with Gasteiger partial charge in [-0.05, 0) is 44.0 Å². The summed E-state index contributed by atoms with van der Waals surface area (Å²) in [6, 6.07) is 19.5. The molecule has 0 bridgehead atoms. The smallest absolute Gasteiger partial charge is 0.0690 e. The van der Waals surface area contributed by atoms with Crippen LogP contribution < -0.4 is 5.32 Å². The van der Waals surface area contributed by atoms with E-state index >= 15 is 0 Å². The highest BCUT2D eigenvalue weighted by molar-refractivity contribution is 5.67. The van der Waals surface area contributed by atoms with Crippen molar-refractivity contribution in [3.05, 3.63) is 72.1 Å². The number of nitrogens with zero attached hydrogens (tertiary/aromatic N) is 2. The van der Waals surface area contributed by atoms with E-state index in [-0.39, 0.29) is 0 Å². The second-order valence-electron chi connectivity index (χ2n) is 6.21. The lowest BCUT2D eigenvalue weighted by Gasteiger charge is -2.16. The third kappa shape index (κ3) is 2.68. The minimum absolute atomic E-state index is 0.369. The molecule has 1 atom stereocenters. The molecule has 1 saturated heterocycles. The molecule has 0 saturated carbocycles. The third-order valence-corrected chi connectivity index (χ3v) is 4.53. The quantitative estimate of drug-likeness (QED) is 0.783. The summed E-state index contributed by atoms with van der Waals surface area (Å²) in [4.78, 5) is 0. The van der Waals surface area contributed by atoms with Crippen molar-refractivity contribution in [3.63, 3.8) is 0 Å². The average molecular weight is 303 g/mol. The number of aryl methyl sites for hydroxylation is 1. The molecule has 23 heavy (non-hydrogen) atoms. The number of rotatable bonds is 3. The molecule has 0 radical (unpaired) electrons. The molecule has 1 N–H and O–H groups in total. The molecule has 0 aliphatic carbocycles. The Kier molecular flexibility index (Phi) is 3.72. The first-order valence-corrected chi connectivity index (χ1v) is 8.27. The summed E-state index contributed by atoms with van der Waals surface area (Å²) in [6.45, 7) is 3.22. The zero-order valence-electron chi connectivity index (χ0n) is 13.4. The van der Waals surface area contributed by atoms with Crippen molar-refractivity contribution >= 4 is 0 Å². The van der Waals surface area contributed by atoms with Gasteiger partial charge in [0.25, 0.3) is 0 Å². The Hall–Kier alpha value is -2.39. The van der Waals surface area contributed by atoms with Crippen molar-refractivity contribution in [1.29, 1.82) is 0 Å². The zero-order chi connectivity index (χ0) is 15.6. The van der Waals surface area contributed by atoms with Crippen LogP contribution in [0.15, 0.2) is 60.8 Å². The van der Waals surface area contributed by atoms with Gasteiger partial charge in [0, 0.05) is 5.56 Å². The standard InChI is InChI=1S/C20H21N3/c1-15-7-5-8-16(13-15)18-14-22-23(17-9-3-2-4-10-17)20(18)19-11-6-12-21-19/h2-5,7-10,13-14,19,21H,6,11-12H2,1H3. The molecular weight excluding hydrogens is 282 g/mol. The van der Waals surface area contributed by atoms with Crippen LogP contribution >= 0.6 is 0 Å². The Labute approximate surface area is 137 Å². The number of para-hydroxylation sites is 1. The van der Waals surface area contributed by atoms with Crippen molar-refractivity contribution in [3.8, 4) is 16.8 Å². The zero-order valence-corrected chi connectivity index (χ0v) is 13.4. The summed E-state index contributed by atoms with van der Waals surface area (Å²) in [7, 11) is 0. The monoisotopic (exact) mass is 303 g/mol. The van der Waals surface area contributed by atoms with Gasteiger partial charge in [-0.1, -0.05) is 48.0 Å². The SMILES string of the molecule is Cc1cccc(-c2cnn(-c3ccccc3)c2C2CCCN2)c1.